The molecule has 34 heavy (non-hydrogen) atoms. The molecule has 2 amide bonds. The first kappa shape index (κ1) is 25.1. The Kier molecular flexibility index (Phi) is 9.31. The first-order chi connectivity index (χ1) is 16.4. The molecule has 0 aromatic heterocycles. The second kappa shape index (κ2) is 12.6. The maximum absolute atomic E-state index is 12.1. The van der Waals surface area contributed by atoms with Crippen molar-refractivity contribution in [2.75, 3.05) is 11.9 Å². The summed E-state index contributed by atoms with van der Waals surface area (Å²) >= 11 is 12.1. The Balaban J connectivity index is 1.53. The van der Waals surface area contributed by atoms with E-state index in [9.17, 15) is 9.59 Å². The molecule has 0 atom stereocenters. The second-order valence-electron chi connectivity index (χ2n) is 7.08. The lowest BCUT2D eigenvalue weighted by molar-refractivity contribution is -0.126. The number of nitrogens with zero attached hydrogens (tertiary/aromatic N) is 1. The van der Waals surface area contributed by atoms with Gasteiger partial charge < -0.3 is 14.8 Å². The predicted octanol–water partition coefficient (Wildman–Crippen LogP) is 5.45. The van der Waals surface area contributed by atoms with Gasteiger partial charge in [0.15, 0.2) is 0 Å². The molecule has 0 saturated heterocycles. The molecule has 0 fully saturated rings. The molecule has 3 rings (SSSR count). The molecule has 0 radical (unpaired) electrons. The van der Waals surface area contributed by atoms with Crippen molar-refractivity contribution in [1.29, 1.82) is 0 Å². The molecule has 176 valence electrons. The van der Waals surface area contributed by atoms with Crippen LogP contribution < -0.4 is 20.2 Å². The Bertz CT molecular complexity index is 1170. The van der Waals surface area contributed by atoms with Crippen LogP contribution in [-0.4, -0.2) is 24.6 Å². The van der Waals surface area contributed by atoms with E-state index in [4.69, 9.17) is 32.7 Å². The van der Waals surface area contributed by atoms with Gasteiger partial charge in [-0.25, -0.2) is 5.43 Å². The molecule has 0 aliphatic carbocycles. The molecule has 0 unspecified atom stereocenters. The number of carbonyl (C=O) groups is 2. The molecule has 7 nitrogen and oxygen atoms in total. The Labute approximate surface area is 207 Å². The number of benzene rings is 3. The monoisotopic (exact) mass is 499 g/mol. The topological polar surface area (TPSA) is 89.0 Å². The van der Waals surface area contributed by atoms with Gasteiger partial charge in [-0.15, -0.1) is 0 Å². The van der Waals surface area contributed by atoms with Gasteiger partial charge in [-0.05, 0) is 67.1 Å². The van der Waals surface area contributed by atoms with Gasteiger partial charge in [0.2, 0.25) is 11.8 Å². The highest BCUT2D eigenvalue weighted by molar-refractivity contribution is 6.31. The Hall–Kier alpha value is -3.55. The highest BCUT2D eigenvalue weighted by Crippen LogP contribution is 2.23. The number of carbonyl (C=O) groups excluding carboxylic acids is 2. The number of hydrogen-bond acceptors (Lipinski definition) is 5. The van der Waals surface area contributed by atoms with Crippen molar-refractivity contribution in [2.45, 2.75) is 20.0 Å². The maximum atomic E-state index is 12.1. The molecule has 0 bridgehead atoms. The van der Waals surface area contributed by atoms with Crippen LogP contribution in [-0.2, 0) is 16.2 Å². The van der Waals surface area contributed by atoms with Crippen LogP contribution >= 0.6 is 23.2 Å². The molecule has 3 aromatic rings. The van der Waals surface area contributed by atoms with Gasteiger partial charge >= 0.3 is 0 Å². The molecule has 0 saturated carbocycles. The van der Waals surface area contributed by atoms with E-state index in [0.717, 1.165) is 5.56 Å². The van der Waals surface area contributed by atoms with E-state index in [0.29, 0.717) is 46.0 Å². The minimum Gasteiger partial charge on any atom is -0.494 e. The zero-order valence-corrected chi connectivity index (χ0v) is 19.9. The maximum Gasteiger partial charge on any atom is 0.249 e. The average Bonchev–Trinajstić information content (AvgIpc) is 2.80. The Morgan fingerprint density at radius 2 is 1.71 bits per heavy atom. The summed E-state index contributed by atoms with van der Waals surface area (Å²) in [6.07, 6.45) is 1.01. The third kappa shape index (κ3) is 8.10. The van der Waals surface area contributed by atoms with Crippen LogP contribution in [0.15, 0.2) is 71.8 Å². The minimum atomic E-state index is -0.567. The molecule has 3 aromatic carbocycles. The van der Waals surface area contributed by atoms with Crippen LogP contribution in [0.2, 0.25) is 10.0 Å². The SMILES string of the molecule is CCOc1ccc(NC(=O)CC(=O)NN=Cc2cc(Cl)ccc2OCc2cccc(Cl)c2)cc1. The number of hydrazone groups is 1. The molecule has 0 aliphatic rings. The van der Waals surface area contributed by atoms with Crippen molar-refractivity contribution in [3.8, 4) is 11.5 Å². The fourth-order valence-electron chi connectivity index (χ4n) is 2.90. The fraction of sp³-hybridized carbons (Fsp3) is 0.160. The van der Waals surface area contributed by atoms with Crippen molar-refractivity contribution in [1.82, 2.24) is 5.43 Å². The highest BCUT2D eigenvalue weighted by atomic mass is 35.5. The van der Waals surface area contributed by atoms with Crippen LogP contribution in [0.4, 0.5) is 5.69 Å². The molecule has 9 heteroatoms. The average molecular weight is 500 g/mol. The molecule has 0 spiro atoms. The van der Waals surface area contributed by atoms with E-state index in [1.165, 1.54) is 6.21 Å². The van der Waals surface area contributed by atoms with Crippen molar-refractivity contribution in [2.24, 2.45) is 5.10 Å². The number of amides is 2. The van der Waals surface area contributed by atoms with Crippen molar-refractivity contribution < 1.29 is 19.1 Å². The molecular formula is C25H23Cl2N3O4. The van der Waals surface area contributed by atoms with Gasteiger partial charge in [0.1, 0.15) is 24.5 Å². The fourth-order valence-corrected chi connectivity index (χ4v) is 3.30. The summed E-state index contributed by atoms with van der Waals surface area (Å²) in [5, 5.41) is 7.68. The number of anilines is 1. The van der Waals surface area contributed by atoms with E-state index in [1.807, 2.05) is 25.1 Å². The summed E-state index contributed by atoms with van der Waals surface area (Å²) in [5.74, 6) is 0.188. The third-order valence-corrected chi connectivity index (χ3v) is 4.89. The lowest BCUT2D eigenvalue weighted by Crippen LogP contribution is -2.24. The van der Waals surface area contributed by atoms with E-state index >= 15 is 0 Å². The van der Waals surface area contributed by atoms with Crippen molar-refractivity contribution in [3.05, 3.63) is 87.9 Å². The zero-order chi connectivity index (χ0) is 24.3. The summed E-state index contributed by atoms with van der Waals surface area (Å²) in [4.78, 5) is 24.2. The number of ether oxygens (including phenoxy) is 2. The van der Waals surface area contributed by atoms with Gasteiger partial charge in [-0.1, -0.05) is 35.3 Å². The van der Waals surface area contributed by atoms with E-state index in [2.05, 4.69) is 15.8 Å². The quantitative estimate of drug-likeness (QED) is 0.220. The predicted molar refractivity (Wildman–Crippen MR) is 134 cm³/mol. The molecule has 0 heterocycles. The summed E-state index contributed by atoms with van der Waals surface area (Å²) in [5.41, 5.74) is 4.36. The van der Waals surface area contributed by atoms with Crippen LogP contribution in [0.5, 0.6) is 11.5 Å². The van der Waals surface area contributed by atoms with Gasteiger partial charge in [0.05, 0.1) is 12.8 Å². The largest absolute Gasteiger partial charge is 0.494 e. The number of hydrogen-bond donors (Lipinski definition) is 2. The highest BCUT2D eigenvalue weighted by Gasteiger charge is 2.10. The van der Waals surface area contributed by atoms with Crippen molar-refractivity contribution >= 4 is 46.9 Å². The van der Waals surface area contributed by atoms with Crippen LogP contribution in [0.25, 0.3) is 0 Å². The van der Waals surface area contributed by atoms with E-state index in [1.54, 1.807) is 48.5 Å². The van der Waals surface area contributed by atoms with E-state index in [-0.39, 0.29) is 0 Å². The van der Waals surface area contributed by atoms with Crippen LogP contribution in [0, 0.1) is 0 Å². The van der Waals surface area contributed by atoms with Gasteiger partial charge in [-0.2, -0.15) is 5.10 Å². The lowest BCUT2D eigenvalue weighted by atomic mass is 10.2. The number of halogens is 2. The van der Waals surface area contributed by atoms with Crippen molar-refractivity contribution in [3.63, 3.8) is 0 Å². The van der Waals surface area contributed by atoms with Gasteiger partial charge in [-0.3, -0.25) is 9.59 Å². The second-order valence-corrected chi connectivity index (χ2v) is 7.95. The molecule has 2 N–H and O–H groups in total. The first-order valence-electron chi connectivity index (χ1n) is 10.4. The third-order valence-electron chi connectivity index (χ3n) is 4.42. The zero-order valence-electron chi connectivity index (χ0n) is 18.4. The summed E-state index contributed by atoms with van der Waals surface area (Å²) < 4.78 is 11.2. The Morgan fingerprint density at radius 1 is 0.941 bits per heavy atom. The van der Waals surface area contributed by atoms with Crippen LogP contribution in [0.3, 0.4) is 0 Å². The summed E-state index contributed by atoms with van der Waals surface area (Å²) in [7, 11) is 0. The number of nitrogens with one attached hydrogen (secondary N) is 2. The minimum absolute atomic E-state index is 0.293. The molecular weight excluding hydrogens is 477 g/mol. The Morgan fingerprint density at radius 3 is 2.44 bits per heavy atom. The molecule has 0 aliphatic heterocycles. The first-order valence-corrected chi connectivity index (χ1v) is 11.2. The van der Waals surface area contributed by atoms with Gasteiger partial charge in [0.25, 0.3) is 0 Å². The smallest absolute Gasteiger partial charge is 0.249 e. The summed E-state index contributed by atoms with van der Waals surface area (Å²) in [6, 6.07) is 19.3. The summed E-state index contributed by atoms with van der Waals surface area (Å²) in [6.45, 7) is 2.73. The standard InChI is InChI=1S/C25H23Cl2N3O4/c1-2-33-22-9-7-21(8-10-22)29-24(31)14-25(32)30-28-15-18-13-20(27)6-11-23(18)34-16-17-4-3-5-19(26)12-17/h3-13,15H,2,14,16H2,1H3,(H,29,31)(H,30,32). The number of rotatable bonds is 10. The van der Waals surface area contributed by atoms with Gasteiger partial charge in [0, 0.05) is 21.3 Å². The lowest BCUT2D eigenvalue weighted by Gasteiger charge is -2.10. The van der Waals surface area contributed by atoms with E-state index < -0.39 is 18.2 Å². The van der Waals surface area contributed by atoms with Crippen LogP contribution in [0.1, 0.15) is 24.5 Å². The normalized spacial score (nSPS) is 10.7.